The van der Waals surface area contributed by atoms with Crippen LogP contribution in [0, 0.1) is 22.7 Å². The lowest BCUT2D eigenvalue weighted by Gasteiger charge is -2.53. The predicted molar refractivity (Wildman–Crippen MR) is 53.4 cm³/mol. The molecule has 0 nitrogen and oxygen atoms in total. The van der Waals surface area contributed by atoms with E-state index in [-0.39, 0.29) is 0 Å². The number of hydrogen-bond donors (Lipinski definition) is 0. The van der Waals surface area contributed by atoms with Gasteiger partial charge in [0.15, 0.2) is 0 Å². The van der Waals surface area contributed by atoms with E-state index in [0.717, 1.165) is 10.8 Å². The van der Waals surface area contributed by atoms with Crippen LogP contribution in [0.2, 0.25) is 0 Å². The van der Waals surface area contributed by atoms with E-state index in [1.807, 2.05) is 0 Å². The molecule has 2 bridgehead atoms. The van der Waals surface area contributed by atoms with Gasteiger partial charge in [-0.05, 0) is 61.2 Å². The average molecular weight is 176 g/mol. The molecular formula is C13H20. The van der Waals surface area contributed by atoms with Crippen molar-refractivity contribution in [3.05, 3.63) is 0 Å². The van der Waals surface area contributed by atoms with Crippen LogP contribution in [0.1, 0.15) is 57.8 Å². The van der Waals surface area contributed by atoms with Crippen LogP contribution in [-0.4, -0.2) is 0 Å². The van der Waals surface area contributed by atoms with Gasteiger partial charge in [0.2, 0.25) is 0 Å². The fourth-order valence-electron chi connectivity index (χ4n) is 5.36. The zero-order valence-electron chi connectivity index (χ0n) is 8.52. The second-order valence-electron chi connectivity index (χ2n) is 6.49. The van der Waals surface area contributed by atoms with Crippen LogP contribution in [0.25, 0.3) is 0 Å². The summed E-state index contributed by atoms with van der Waals surface area (Å²) in [5.41, 5.74) is 1.84. The van der Waals surface area contributed by atoms with Gasteiger partial charge in [0, 0.05) is 0 Å². The minimum Gasteiger partial charge on any atom is -0.0525 e. The number of fused-ring (bicyclic) bond motifs is 1. The van der Waals surface area contributed by atoms with Crippen LogP contribution in [0.4, 0.5) is 0 Å². The average Bonchev–Trinajstić information content (AvgIpc) is 2.62. The molecule has 0 heteroatoms. The fraction of sp³-hybridized carbons (Fsp3) is 1.00. The molecule has 0 radical (unpaired) electrons. The van der Waals surface area contributed by atoms with E-state index < -0.39 is 0 Å². The van der Waals surface area contributed by atoms with Crippen LogP contribution in [0.15, 0.2) is 0 Å². The van der Waals surface area contributed by atoms with E-state index in [1.54, 1.807) is 57.8 Å². The van der Waals surface area contributed by atoms with Gasteiger partial charge in [0.25, 0.3) is 0 Å². The van der Waals surface area contributed by atoms with Crippen molar-refractivity contribution in [3.8, 4) is 0 Å². The maximum atomic E-state index is 1.65. The first-order chi connectivity index (χ1) is 6.33. The first-order valence-corrected chi connectivity index (χ1v) is 6.33. The highest BCUT2D eigenvalue weighted by Gasteiger charge is 2.69. The maximum Gasteiger partial charge on any atom is -0.0256 e. The summed E-state index contributed by atoms with van der Waals surface area (Å²) in [6, 6.07) is 0. The van der Waals surface area contributed by atoms with E-state index in [1.165, 1.54) is 11.8 Å². The first kappa shape index (κ1) is 7.31. The lowest BCUT2D eigenvalue weighted by molar-refractivity contribution is -0.0400. The molecule has 5 rings (SSSR count). The van der Waals surface area contributed by atoms with E-state index in [0.29, 0.717) is 0 Å². The van der Waals surface area contributed by atoms with Crippen LogP contribution >= 0.6 is 0 Å². The van der Waals surface area contributed by atoms with Crippen LogP contribution in [0.5, 0.6) is 0 Å². The van der Waals surface area contributed by atoms with Gasteiger partial charge in [-0.15, -0.1) is 0 Å². The zero-order valence-corrected chi connectivity index (χ0v) is 8.52. The van der Waals surface area contributed by atoms with Crippen molar-refractivity contribution >= 4 is 0 Å². The highest BCUT2D eigenvalue weighted by Crippen LogP contribution is 2.79. The summed E-state index contributed by atoms with van der Waals surface area (Å²) in [5.74, 6) is 2.39. The Labute approximate surface area is 81.1 Å². The molecule has 0 aliphatic heterocycles. The Kier molecular flexibility index (Phi) is 1.12. The summed E-state index contributed by atoms with van der Waals surface area (Å²) in [6.45, 7) is 0. The third-order valence-electron chi connectivity index (χ3n) is 5.86. The monoisotopic (exact) mass is 176 g/mol. The third kappa shape index (κ3) is 0.750. The lowest BCUT2D eigenvalue weighted by Crippen LogP contribution is -2.45. The van der Waals surface area contributed by atoms with Crippen LogP contribution in [0.3, 0.4) is 0 Å². The van der Waals surface area contributed by atoms with Gasteiger partial charge in [0.1, 0.15) is 0 Å². The second kappa shape index (κ2) is 1.99. The normalized spacial score (nSPS) is 57.7. The molecule has 5 saturated carbocycles. The van der Waals surface area contributed by atoms with Gasteiger partial charge in [-0.3, -0.25) is 0 Å². The Balaban J connectivity index is 1.62. The van der Waals surface area contributed by atoms with E-state index in [9.17, 15) is 0 Å². The summed E-state index contributed by atoms with van der Waals surface area (Å²) >= 11 is 0. The molecule has 0 aromatic rings. The number of hydrogen-bond acceptors (Lipinski definition) is 0. The summed E-state index contributed by atoms with van der Waals surface area (Å²) < 4.78 is 0. The summed E-state index contributed by atoms with van der Waals surface area (Å²) in [5, 5.41) is 0. The second-order valence-corrected chi connectivity index (χ2v) is 6.49. The zero-order chi connectivity index (χ0) is 8.52. The Hall–Kier alpha value is 0. The third-order valence-corrected chi connectivity index (χ3v) is 5.86. The van der Waals surface area contributed by atoms with Gasteiger partial charge in [-0.25, -0.2) is 0 Å². The van der Waals surface area contributed by atoms with Gasteiger partial charge < -0.3 is 0 Å². The Bertz CT molecular complexity index is 249. The molecule has 0 saturated heterocycles. The summed E-state index contributed by atoms with van der Waals surface area (Å²) in [6.07, 6.45) is 14.4. The van der Waals surface area contributed by atoms with Crippen molar-refractivity contribution in [1.82, 2.24) is 0 Å². The van der Waals surface area contributed by atoms with Gasteiger partial charge in [-0.1, -0.05) is 19.3 Å². The molecule has 5 fully saturated rings. The van der Waals surface area contributed by atoms with E-state index in [4.69, 9.17) is 0 Å². The molecular weight excluding hydrogens is 156 g/mol. The molecule has 5 aliphatic carbocycles. The van der Waals surface area contributed by atoms with Gasteiger partial charge in [0.05, 0.1) is 0 Å². The van der Waals surface area contributed by atoms with E-state index >= 15 is 0 Å². The quantitative estimate of drug-likeness (QED) is 0.601. The smallest absolute Gasteiger partial charge is 0.0256 e. The van der Waals surface area contributed by atoms with Crippen molar-refractivity contribution in [1.29, 1.82) is 0 Å². The largest absolute Gasteiger partial charge is 0.0525 e. The topological polar surface area (TPSA) is 0 Å². The maximum absolute atomic E-state index is 1.65. The Morgan fingerprint density at radius 3 is 2.77 bits per heavy atom. The van der Waals surface area contributed by atoms with Crippen molar-refractivity contribution < 1.29 is 0 Å². The van der Waals surface area contributed by atoms with Crippen LogP contribution in [-0.2, 0) is 0 Å². The molecule has 3 atom stereocenters. The van der Waals surface area contributed by atoms with Gasteiger partial charge >= 0.3 is 0 Å². The number of rotatable bonds is 2. The molecule has 0 aromatic heterocycles. The summed E-state index contributed by atoms with van der Waals surface area (Å²) in [7, 11) is 0. The molecule has 0 N–H and O–H groups in total. The minimum absolute atomic E-state index is 0.914. The van der Waals surface area contributed by atoms with Crippen molar-refractivity contribution in [2.45, 2.75) is 57.8 Å². The molecule has 72 valence electrons. The summed E-state index contributed by atoms with van der Waals surface area (Å²) in [4.78, 5) is 0. The standard InChI is InChI=1S/C13H20/c1-2-11-12(5-1)6-7-13(11,9-12)8-10-3-4-10/h10-11H,1-9H2. The molecule has 1 spiro atoms. The highest BCUT2D eigenvalue weighted by atomic mass is 14.7. The Morgan fingerprint density at radius 2 is 1.92 bits per heavy atom. The van der Waals surface area contributed by atoms with E-state index in [2.05, 4.69) is 0 Å². The predicted octanol–water partition coefficient (Wildman–Crippen LogP) is 3.76. The fourth-order valence-corrected chi connectivity index (χ4v) is 5.36. The van der Waals surface area contributed by atoms with Crippen molar-refractivity contribution in [3.63, 3.8) is 0 Å². The molecule has 5 aliphatic rings. The Morgan fingerprint density at radius 1 is 1.00 bits per heavy atom. The van der Waals surface area contributed by atoms with Crippen molar-refractivity contribution in [2.75, 3.05) is 0 Å². The molecule has 0 amide bonds. The minimum atomic E-state index is 0.914. The first-order valence-electron chi connectivity index (χ1n) is 6.33. The lowest BCUT2D eigenvalue weighted by atomic mass is 9.52. The molecule has 0 aromatic carbocycles. The van der Waals surface area contributed by atoms with Crippen molar-refractivity contribution in [2.24, 2.45) is 22.7 Å². The SMILES string of the molecule is C1CC2C3(C1)CCC2(CC1CC1)C3. The molecule has 3 unspecified atom stereocenters. The molecule has 0 heterocycles. The van der Waals surface area contributed by atoms with Crippen LogP contribution < -0.4 is 0 Å². The highest BCUT2D eigenvalue weighted by molar-refractivity contribution is 5.19. The van der Waals surface area contributed by atoms with Gasteiger partial charge in [-0.2, -0.15) is 0 Å². The molecule has 13 heavy (non-hydrogen) atoms.